The zero-order valence-corrected chi connectivity index (χ0v) is 29.0. The molecule has 4 rings (SSSR count). The average Bonchev–Trinajstić information content (AvgIpc) is 3.57. The van der Waals surface area contributed by atoms with Crippen LogP contribution in [-0.4, -0.2) is 83.6 Å². The monoisotopic (exact) mass is 676 g/mol. The highest BCUT2D eigenvalue weighted by Gasteiger charge is 2.87. The first-order chi connectivity index (χ1) is 22.5. The molecule has 2 aliphatic heterocycles. The molecule has 0 aromatic heterocycles. The Balaban J connectivity index is 2.04. The van der Waals surface area contributed by atoms with Gasteiger partial charge in [0.05, 0.1) is 5.41 Å². The molecule has 2 saturated heterocycles. The van der Waals surface area contributed by atoms with Crippen molar-refractivity contribution in [2.75, 3.05) is 0 Å². The Morgan fingerprint density at radius 2 is 1.50 bits per heavy atom. The number of hydrogen-bond acceptors (Lipinski definition) is 13. The molecule has 48 heavy (non-hydrogen) atoms. The molecule has 2 heterocycles. The summed E-state index contributed by atoms with van der Waals surface area (Å²) in [5.74, 6) is -5.49. The van der Waals surface area contributed by atoms with E-state index in [0.29, 0.717) is 18.4 Å². The second-order valence-electron chi connectivity index (χ2n) is 13.8. The van der Waals surface area contributed by atoms with Crippen LogP contribution >= 0.6 is 0 Å². The van der Waals surface area contributed by atoms with E-state index in [9.17, 15) is 28.8 Å². The molecule has 1 saturated carbocycles. The number of hydrogen-bond donors (Lipinski definition) is 0. The van der Waals surface area contributed by atoms with E-state index in [-0.39, 0.29) is 25.7 Å². The van der Waals surface area contributed by atoms with Crippen molar-refractivity contribution < 1.29 is 61.9 Å². The minimum Gasteiger partial charge on any atom is -0.462 e. The SMILES string of the molecule is C=CCCC(=O)OC1CC(OC(C)=O)C2(C)C(OC(C)=O)C(OC(=O)CCC)CC(C)=CC3OC(=O)C4(C)OC34C(OC(C)=O)C2C1C. The minimum atomic E-state index is -1.54. The van der Waals surface area contributed by atoms with Gasteiger partial charge in [0, 0.05) is 58.3 Å². The van der Waals surface area contributed by atoms with Gasteiger partial charge in [0.2, 0.25) is 0 Å². The number of epoxide rings is 1. The number of fused-ring (bicyclic) bond motifs is 1. The number of rotatable bonds is 10. The van der Waals surface area contributed by atoms with Gasteiger partial charge >= 0.3 is 35.8 Å². The minimum absolute atomic E-state index is 0.0213. The average molecular weight is 677 g/mol. The van der Waals surface area contributed by atoms with E-state index < -0.39 is 101 Å². The lowest BCUT2D eigenvalue weighted by molar-refractivity contribution is -0.248. The van der Waals surface area contributed by atoms with Gasteiger partial charge in [0.1, 0.15) is 30.5 Å². The maximum absolute atomic E-state index is 13.4. The van der Waals surface area contributed by atoms with Gasteiger partial charge < -0.3 is 33.2 Å². The summed E-state index contributed by atoms with van der Waals surface area (Å²) < 4.78 is 42.4. The van der Waals surface area contributed by atoms with Crippen LogP contribution in [0.5, 0.6) is 0 Å². The quantitative estimate of drug-likeness (QED) is 0.142. The van der Waals surface area contributed by atoms with Crippen molar-refractivity contribution in [3.63, 3.8) is 0 Å². The van der Waals surface area contributed by atoms with E-state index in [1.165, 1.54) is 20.8 Å². The molecule has 0 radical (unpaired) electrons. The second kappa shape index (κ2) is 14.0. The fourth-order valence-corrected chi connectivity index (χ4v) is 8.13. The normalized spacial score (nSPS) is 38.3. The number of ether oxygens (including phenoxy) is 7. The Morgan fingerprint density at radius 1 is 0.917 bits per heavy atom. The number of esters is 6. The fraction of sp³-hybridized carbons (Fsp3) is 0.714. The van der Waals surface area contributed by atoms with Crippen LogP contribution in [0.4, 0.5) is 0 Å². The van der Waals surface area contributed by atoms with E-state index in [2.05, 4.69) is 6.58 Å². The number of carbonyl (C=O) groups excluding carboxylic acids is 6. The third kappa shape index (κ3) is 6.62. The van der Waals surface area contributed by atoms with Gasteiger partial charge in [-0.1, -0.05) is 32.4 Å². The standard InChI is InChI=1S/C35H48O13/c1-10-12-14-28(40)45-23-17-25(42-20(5)36)33(8)29(19(23)4)31(44-22(7)38)35-26(47-32(41)34(35,9)48-35)16-18(3)15-24(30(33)43-21(6)37)46-27(39)13-11-2/h10,16,19,23-26,29-31H,1,11-15,17H2,2-9H3. The van der Waals surface area contributed by atoms with Gasteiger partial charge in [0.15, 0.2) is 17.3 Å². The molecule has 2 aliphatic carbocycles. The first-order valence-electron chi connectivity index (χ1n) is 16.6. The largest absolute Gasteiger partial charge is 0.462 e. The van der Waals surface area contributed by atoms with Gasteiger partial charge in [-0.15, -0.1) is 6.58 Å². The third-order valence-electron chi connectivity index (χ3n) is 10.3. The molecule has 0 bridgehead atoms. The summed E-state index contributed by atoms with van der Waals surface area (Å²) in [6.07, 6.45) is -2.45. The molecule has 11 unspecified atom stereocenters. The van der Waals surface area contributed by atoms with Gasteiger partial charge in [-0.05, 0) is 32.8 Å². The van der Waals surface area contributed by atoms with Crippen LogP contribution in [0.25, 0.3) is 0 Å². The van der Waals surface area contributed by atoms with E-state index in [1.54, 1.807) is 39.8 Å². The van der Waals surface area contributed by atoms with Crippen molar-refractivity contribution in [2.45, 2.75) is 142 Å². The zero-order valence-electron chi connectivity index (χ0n) is 29.0. The van der Waals surface area contributed by atoms with Gasteiger partial charge in [-0.2, -0.15) is 0 Å². The maximum Gasteiger partial charge on any atom is 0.342 e. The van der Waals surface area contributed by atoms with Crippen molar-refractivity contribution in [3.8, 4) is 0 Å². The smallest absolute Gasteiger partial charge is 0.342 e. The molecule has 4 aliphatic rings. The predicted octanol–water partition coefficient (Wildman–Crippen LogP) is 3.84. The van der Waals surface area contributed by atoms with Crippen LogP contribution in [-0.2, 0) is 61.9 Å². The highest BCUT2D eigenvalue weighted by atomic mass is 16.7. The van der Waals surface area contributed by atoms with Crippen LogP contribution in [0.15, 0.2) is 24.3 Å². The summed E-state index contributed by atoms with van der Waals surface area (Å²) in [5.41, 5.74) is -3.95. The fourth-order valence-electron chi connectivity index (χ4n) is 8.13. The molecule has 0 aromatic rings. The summed E-state index contributed by atoms with van der Waals surface area (Å²) in [6.45, 7) is 15.9. The summed E-state index contributed by atoms with van der Waals surface area (Å²) in [5, 5.41) is 0. The number of allylic oxidation sites excluding steroid dienone is 1. The Labute approximate surface area is 281 Å². The van der Waals surface area contributed by atoms with Crippen molar-refractivity contribution in [1.29, 1.82) is 0 Å². The predicted molar refractivity (Wildman–Crippen MR) is 167 cm³/mol. The van der Waals surface area contributed by atoms with E-state index >= 15 is 0 Å². The maximum atomic E-state index is 13.4. The Hall–Kier alpha value is -3.74. The first-order valence-corrected chi connectivity index (χ1v) is 16.6. The second-order valence-corrected chi connectivity index (χ2v) is 13.8. The lowest BCUT2D eigenvalue weighted by Gasteiger charge is -2.57. The lowest BCUT2D eigenvalue weighted by Crippen LogP contribution is -2.68. The molecule has 3 fully saturated rings. The molecular weight excluding hydrogens is 628 g/mol. The summed E-state index contributed by atoms with van der Waals surface area (Å²) in [6, 6.07) is 0. The topological polar surface area (TPSA) is 170 Å². The van der Waals surface area contributed by atoms with Crippen molar-refractivity contribution >= 4 is 35.8 Å². The lowest BCUT2D eigenvalue weighted by atomic mass is 9.52. The zero-order chi connectivity index (χ0) is 35.8. The van der Waals surface area contributed by atoms with Crippen LogP contribution < -0.4 is 0 Å². The molecule has 13 nitrogen and oxygen atoms in total. The van der Waals surface area contributed by atoms with E-state index in [0.717, 1.165) is 0 Å². The highest BCUT2D eigenvalue weighted by Crippen LogP contribution is 2.66. The van der Waals surface area contributed by atoms with Gasteiger partial charge in [-0.3, -0.25) is 24.0 Å². The molecule has 0 amide bonds. The van der Waals surface area contributed by atoms with E-state index in [4.69, 9.17) is 33.2 Å². The Kier molecular flexibility index (Phi) is 10.8. The Morgan fingerprint density at radius 3 is 2.06 bits per heavy atom. The molecular formula is C35H48O13. The molecule has 1 spiro atoms. The first kappa shape index (κ1) is 37.1. The molecule has 266 valence electrons. The molecule has 0 aromatic carbocycles. The number of carbonyl (C=O) groups is 6. The summed E-state index contributed by atoms with van der Waals surface area (Å²) >= 11 is 0. The molecule has 11 atom stereocenters. The molecule has 13 heteroatoms. The van der Waals surface area contributed by atoms with Crippen molar-refractivity contribution in [1.82, 2.24) is 0 Å². The van der Waals surface area contributed by atoms with Gasteiger partial charge in [-0.25, -0.2) is 4.79 Å². The summed E-state index contributed by atoms with van der Waals surface area (Å²) in [4.78, 5) is 78.1. The Bertz CT molecular complexity index is 1370. The van der Waals surface area contributed by atoms with Gasteiger partial charge in [0.25, 0.3) is 0 Å². The van der Waals surface area contributed by atoms with Crippen molar-refractivity contribution in [2.24, 2.45) is 17.3 Å². The van der Waals surface area contributed by atoms with Crippen molar-refractivity contribution in [3.05, 3.63) is 24.3 Å². The van der Waals surface area contributed by atoms with Crippen LogP contribution in [0.3, 0.4) is 0 Å². The van der Waals surface area contributed by atoms with Crippen LogP contribution in [0, 0.1) is 17.3 Å². The van der Waals surface area contributed by atoms with Crippen LogP contribution in [0.1, 0.15) is 93.9 Å². The third-order valence-corrected chi connectivity index (χ3v) is 10.3. The molecule has 0 N–H and O–H groups in total. The van der Waals surface area contributed by atoms with Crippen LogP contribution in [0.2, 0.25) is 0 Å². The summed E-state index contributed by atoms with van der Waals surface area (Å²) in [7, 11) is 0. The van der Waals surface area contributed by atoms with E-state index in [1.807, 2.05) is 6.92 Å². The highest BCUT2D eigenvalue weighted by molar-refractivity contribution is 5.89.